The number of non-ortho nitro benzene ring substituents is 1. The molecule has 0 radical (unpaired) electrons. The van der Waals surface area contributed by atoms with Gasteiger partial charge in [-0.2, -0.15) is 11.8 Å². The summed E-state index contributed by atoms with van der Waals surface area (Å²) in [7, 11) is -5.11. The summed E-state index contributed by atoms with van der Waals surface area (Å²) < 4.78 is 34.0. The molecule has 2 N–H and O–H groups in total. The highest BCUT2D eigenvalue weighted by atomic mass is 35.5. The normalized spacial score (nSPS) is 11.4. The lowest BCUT2D eigenvalue weighted by atomic mass is 10.2. The smallest absolute Gasteiger partial charge is 0.337 e. The maximum atomic E-state index is 11.3. The maximum Gasteiger partial charge on any atom is 0.337 e. The van der Waals surface area contributed by atoms with Crippen LogP contribution in [0.15, 0.2) is 17.0 Å². The zero-order valence-corrected chi connectivity index (χ0v) is 14.6. The molecule has 0 saturated heterocycles. The molecule has 1 rings (SSSR count). The molecule has 0 amide bonds. The molecule has 1 aromatic carbocycles. The molecular weight excluding hydrogens is 386 g/mol. The van der Waals surface area contributed by atoms with Crippen LogP contribution in [0.3, 0.4) is 0 Å². The van der Waals surface area contributed by atoms with E-state index in [0.29, 0.717) is 30.2 Å². The van der Waals surface area contributed by atoms with E-state index in [0.717, 1.165) is 5.75 Å². The number of rotatable bonds is 10. The summed E-state index contributed by atoms with van der Waals surface area (Å²) in [5, 5.41) is 23.1. The summed E-state index contributed by atoms with van der Waals surface area (Å²) in [5.41, 5.74) is -2.03. The lowest BCUT2D eigenvalue weighted by Gasteiger charge is -2.11. The van der Waals surface area contributed by atoms with Crippen molar-refractivity contribution in [2.75, 3.05) is 23.9 Å². The molecule has 0 spiro atoms. The van der Waals surface area contributed by atoms with Crippen molar-refractivity contribution in [2.45, 2.75) is 11.3 Å². The third kappa shape index (κ3) is 5.87. The van der Waals surface area contributed by atoms with Crippen LogP contribution in [0.25, 0.3) is 0 Å². The van der Waals surface area contributed by atoms with Crippen LogP contribution >= 0.6 is 23.4 Å². The predicted octanol–water partition coefficient (Wildman–Crippen LogP) is 0.964. The van der Waals surface area contributed by atoms with E-state index < -0.39 is 41.9 Å². The van der Waals surface area contributed by atoms with Crippen molar-refractivity contribution in [3.05, 3.63) is 32.4 Å². The SMILES string of the molecule is O=[N+]([O-])c1cc([N+](=O)[O-])c([NH2+]CCCSCCCl)c(S(=O)(=O)[O-])c1. The number of benzene rings is 1. The Morgan fingerprint density at radius 3 is 2.33 bits per heavy atom. The van der Waals surface area contributed by atoms with E-state index >= 15 is 0 Å². The van der Waals surface area contributed by atoms with E-state index in [-0.39, 0.29) is 6.54 Å². The molecule has 134 valence electrons. The lowest BCUT2D eigenvalue weighted by molar-refractivity contribution is -0.579. The minimum Gasteiger partial charge on any atom is -0.744 e. The number of alkyl halides is 1. The average Bonchev–Trinajstić information content (AvgIpc) is 2.48. The van der Waals surface area contributed by atoms with Crippen LogP contribution in [0.5, 0.6) is 0 Å². The molecule has 0 atom stereocenters. The highest BCUT2D eigenvalue weighted by Crippen LogP contribution is 2.32. The first kappa shape index (κ1) is 20.6. The highest BCUT2D eigenvalue weighted by Gasteiger charge is 2.30. The predicted molar refractivity (Wildman–Crippen MR) is 86.8 cm³/mol. The minimum atomic E-state index is -5.11. The highest BCUT2D eigenvalue weighted by molar-refractivity contribution is 7.99. The van der Waals surface area contributed by atoms with Gasteiger partial charge in [0.1, 0.15) is 21.1 Å². The Hall–Kier alpha value is -1.47. The van der Waals surface area contributed by atoms with E-state index in [1.165, 1.54) is 5.32 Å². The molecule has 0 unspecified atom stereocenters. The molecule has 0 aliphatic heterocycles. The summed E-state index contributed by atoms with van der Waals surface area (Å²) in [6.45, 7) is 0.274. The van der Waals surface area contributed by atoms with Crippen molar-refractivity contribution >= 4 is 50.5 Å². The van der Waals surface area contributed by atoms with E-state index in [9.17, 15) is 33.2 Å². The lowest BCUT2D eigenvalue weighted by Crippen LogP contribution is -2.78. The van der Waals surface area contributed by atoms with Crippen molar-refractivity contribution in [3.63, 3.8) is 0 Å². The topological polar surface area (TPSA) is 160 Å². The van der Waals surface area contributed by atoms with Crippen LogP contribution in [-0.2, 0) is 10.1 Å². The molecule has 0 aliphatic rings. The zero-order chi connectivity index (χ0) is 18.3. The Labute approximate surface area is 146 Å². The van der Waals surface area contributed by atoms with E-state index in [4.69, 9.17) is 11.6 Å². The Balaban J connectivity index is 3.15. The Morgan fingerprint density at radius 2 is 1.83 bits per heavy atom. The number of quaternary nitrogens is 1. The molecular formula is C11H14ClN3O7S2. The van der Waals surface area contributed by atoms with Gasteiger partial charge in [0.15, 0.2) is 0 Å². The monoisotopic (exact) mass is 399 g/mol. The van der Waals surface area contributed by atoms with Gasteiger partial charge in [-0.1, -0.05) is 0 Å². The second-order valence-corrected chi connectivity index (χ2v) is 7.44. The second kappa shape index (κ2) is 9.13. The molecule has 24 heavy (non-hydrogen) atoms. The Morgan fingerprint density at radius 1 is 1.17 bits per heavy atom. The van der Waals surface area contributed by atoms with Crippen LogP contribution in [0.1, 0.15) is 6.42 Å². The molecule has 0 bridgehead atoms. The second-order valence-electron chi connectivity index (χ2n) is 4.49. The largest absolute Gasteiger partial charge is 0.744 e. The van der Waals surface area contributed by atoms with Crippen LogP contribution in [0, 0.1) is 20.2 Å². The van der Waals surface area contributed by atoms with Gasteiger partial charge in [-0.25, -0.2) is 8.42 Å². The first-order chi connectivity index (χ1) is 11.2. The van der Waals surface area contributed by atoms with E-state index in [1.807, 2.05) is 0 Å². The van der Waals surface area contributed by atoms with E-state index in [2.05, 4.69) is 0 Å². The van der Waals surface area contributed by atoms with Gasteiger partial charge in [0.25, 0.3) is 5.69 Å². The number of halogens is 1. The number of hydrogen-bond acceptors (Lipinski definition) is 8. The zero-order valence-electron chi connectivity index (χ0n) is 12.2. The van der Waals surface area contributed by atoms with Crippen molar-refractivity contribution in [1.82, 2.24) is 0 Å². The molecule has 1 aromatic rings. The molecule has 0 aromatic heterocycles. The van der Waals surface area contributed by atoms with Crippen LogP contribution in [-0.4, -0.2) is 46.7 Å². The number of nitrogens with two attached hydrogens (primary N) is 1. The minimum absolute atomic E-state index is 0.274. The van der Waals surface area contributed by atoms with Gasteiger partial charge in [0, 0.05) is 24.1 Å². The molecule has 13 heteroatoms. The Bertz CT molecular complexity index is 727. The van der Waals surface area contributed by atoms with Crippen molar-refractivity contribution in [3.8, 4) is 0 Å². The number of hydrogen-bond donors (Lipinski definition) is 1. The third-order valence-corrected chi connectivity index (χ3v) is 5.20. The van der Waals surface area contributed by atoms with Crippen LogP contribution < -0.4 is 5.32 Å². The van der Waals surface area contributed by atoms with Crippen LogP contribution in [0.2, 0.25) is 0 Å². The number of nitro groups is 2. The van der Waals surface area contributed by atoms with Crippen molar-refractivity contribution in [1.29, 1.82) is 0 Å². The number of thioether (sulfide) groups is 1. The summed E-state index contributed by atoms with van der Waals surface area (Å²) in [4.78, 5) is 19.0. The van der Waals surface area contributed by atoms with Crippen molar-refractivity contribution < 1.29 is 28.1 Å². The molecule has 10 nitrogen and oxygen atoms in total. The van der Waals surface area contributed by atoms with Gasteiger partial charge in [-0.05, 0) is 5.75 Å². The van der Waals surface area contributed by atoms with Crippen molar-refractivity contribution in [2.24, 2.45) is 0 Å². The molecule has 0 aliphatic carbocycles. The molecule has 0 saturated carbocycles. The maximum absolute atomic E-state index is 11.3. The molecule has 0 fully saturated rings. The molecule has 0 heterocycles. The number of nitro benzene ring substituents is 2. The first-order valence-electron chi connectivity index (χ1n) is 6.58. The fourth-order valence-electron chi connectivity index (χ4n) is 1.85. The summed E-state index contributed by atoms with van der Waals surface area (Å²) >= 11 is 7.08. The van der Waals surface area contributed by atoms with Gasteiger partial charge in [0.05, 0.1) is 16.4 Å². The fourth-order valence-corrected chi connectivity index (χ4v) is 3.59. The summed E-state index contributed by atoms with van der Waals surface area (Å²) in [5.74, 6) is 1.92. The fraction of sp³-hybridized carbons (Fsp3) is 0.455. The van der Waals surface area contributed by atoms with Gasteiger partial charge >= 0.3 is 5.69 Å². The first-order valence-corrected chi connectivity index (χ1v) is 9.68. The van der Waals surface area contributed by atoms with Crippen LogP contribution in [0.4, 0.5) is 17.1 Å². The van der Waals surface area contributed by atoms with E-state index in [1.54, 1.807) is 11.8 Å². The summed E-state index contributed by atoms with van der Waals surface area (Å²) in [6.07, 6.45) is 0.577. The average molecular weight is 400 g/mol. The standard InChI is InChI=1S/C11H14ClN3O7S2/c12-2-5-23-4-1-3-13-11-9(15(18)19)6-8(14(16)17)7-10(11)24(20,21)22/h6-7,13H,1-5H2,(H,20,21,22). The number of nitrogens with zero attached hydrogens (tertiary/aromatic N) is 2. The Kier molecular flexibility index (Phi) is 7.83. The van der Waals surface area contributed by atoms with Gasteiger partial charge < -0.3 is 9.87 Å². The van der Waals surface area contributed by atoms with Gasteiger partial charge in [-0.15, -0.1) is 11.6 Å². The van der Waals surface area contributed by atoms with Gasteiger partial charge in [0.2, 0.25) is 5.69 Å². The summed E-state index contributed by atoms with van der Waals surface area (Å²) in [6, 6.07) is 1.19. The third-order valence-electron chi connectivity index (χ3n) is 2.84. The van der Waals surface area contributed by atoms with Gasteiger partial charge in [-0.3, -0.25) is 20.2 Å². The quantitative estimate of drug-likeness (QED) is 0.152.